The first-order valence-electron chi connectivity index (χ1n) is 5.63. The number of hydrogen-bond donors (Lipinski definition) is 1. The van der Waals surface area contributed by atoms with Crippen LogP contribution in [0.1, 0.15) is 29.1 Å². The summed E-state index contributed by atoms with van der Waals surface area (Å²) < 4.78 is 9.03. The SMILES string of the molecule is O[C@H]1CC(c2cc(Br)c(Br)s2)Oc2cc(Br)ccc21. The molecule has 1 aliphatic heterocycles. The number of aliphatic hydroxyl groups excluding tert-OH is 1. The molecule has 0 radical (unpaired) electrons. The minimum atomic E-state index is -0.485. The van der Waals surface area contributed by atoms with Crippen LogP contribution in [0.3, 0.4) is 0 Å². The number of benzene rings is 1. The highest BCUT2D eigenvalue weighted by atomic mass is 79.9. The molecule has 100 valence electrons. The molecule has 0 fully saturated rings. The fourth-order valence-electron chi connectivity index (χ4n) is 2.11. The van der Waals surface area contributed by atoms with Crippen LogP contribution in [0.25, 0.3) is 0 Å². The molecule has 0 bridgehead atoms. The number of halogens is 3. The van der Waals surface area contributed by atoms with Gasteiger partial charge in [-0.1, -0.05) is 22.0 Å². The van der Waals surface area contributed by atoms with Crippen LogP contribution in [0.15, 0.2) is 37.0 Å². The van der Waals surface area contributed by atoms with Gasteiger partial charge in [-0.05, 0) is 50.1 Å². The molecule has 19 heavy (non-hydrogen) atoms. The molecule has 1 aliphatic rings. The highest BCUT2D eigenvalue weighted by Crippen LogP contribution is 2.45. The third kappa shape index (κ3) is 2.78. The van der Waals surface area contributed by atoms with E-state index in [1.165, 1.54) is 0 Å². The van der Waals surface area contributed by atoms with E-state index in [4.69, 9.17) is 4.74 Å². The van der Waals surface area contributed by atoms with Crippen molar-refractivity contribution in [2.45, 2.75) is 18.6 Å². The predicted molar refractivity (Wildman–Crippen MR) is 86.8 cm³/mol. The van der Waals surface area contributed by atoms with Crippen LogP contribution in [0, 0.1) is 0 Å². The standard InChI is InChI=1S/C13H9Br3O2S/c14-6-1-2-7-9(17)5-11(18-10(7)3-6)12-4-8(15)13(16)19-12/h1-4,9,11,17H,5H2/t9-,11?/m0/s1. The van der Waals surface area contributed by atoms with E-state index in [9.17, 15) is 5.11 Å². The van der Waals surface area contributed by atoms with E-state index in [1.807, 2.05) is 24.3 Å². The summed E-state index contributed by atoms with van der Waals surface area (Å²) in [4.78, 5) is 1.10. The average Bonchev–Trinajstić information content (AvgIpc) is 2.69. The van der Waals surface area contributed by atoms with E-state index >= 15 is 0 Å². The van der Waals surface area contributed by atoms with Crippen molar-refractivity contribution >= 4 is 59.1 Å². The summed E-state index contributed by atoms with van der Waals surface area (Å²) in [5.41, 5.74) is 0.856. The zero-order valence-electron chi connectivity index (χ0n) is 9.57. The second-order valence-electron chi connectivity index (χ2n) is 4.31. The number of fused-ring (bicyclic) bond motifs is 1. The molecular formula is C13H9Br3O2S. The normalized spacial score (nSPS) is 21.9. The maximum atomic E-state index is 10.2. The highest BCUT2D eigenvalue weighted by Gasteiger charge is 2.29. The molecule has 2 aromatic rings. The van der Waals surface area contributed by atoms with Crippen molar-refractivity contribution in [3.05, 3.63) is 47.4 Å². The lowest BCUT2D eigenvalue weighted by Crippen LogP contribution is -2.18. The first kappa shape index (κ1) is 14.1. The lowest BCUT2D eigenvalue weighted by atomic mass is 9.98. The lowest BCUT2D eigenvalue weighted by molar-refractivity contribution is 0.0673. The number of thiophene rings is 1. The molecule has 0 aliphatic carbocycles. The summed E-state index contributed by atoms with van der Waals surface area (Å²) >= 11 is 12.0. The Labute approximate surface area is 140 Å². The molecule has 0 saturated carbocycles. The maximum absolute atomic E-state index is 10.2. The molecule has 1 unspecified atom stereocenters. The van der Waals surface area contributed by atoms with Gasteiger partial charge in [0.1, 0.15) is 11.9 Å². The molecule has 2 heterocycles. The molecule has 3 rings (SSSR count). The van der Waals surface area contributed by atoms with Crippen LogP contribution in [-0.2, 0) is 0 Å². The fraction of sp³-hybridized carbons (Fsp3) is 0.231. The minimum Gasteiger partial charge on any atom is -0.484 e. The van der Waals surface area contributed by atoms with Crippen LogP contribution < -0.4 is 4.74 Å². The zero-order chi connectivity index (χ0) is 13.6. The topological polar surface area (TPSA) is 29.5 Å². The number of rotatable bonds is 1. The Morgan fingerprint density at radius 2 is 2.00 bits per heavy atom. The van der Waals surface area contributed by atoms with E-state index in [-0.39, 0.29) is 6.10 Å². The Bertz CT molecular complexity index is 607. The molecule has 0 amide bonds. The van der Waals surface area contributed by atoms with Crippen molar-refractivity contribution in [3.63, 3.8) is 0 Å². The van der Waals surface area contributed by atoms with Gasteiger partial charge in [-0.15, -0.1) is 11.3 Å². The maximum Gasteiger partial charge on any atom is 0.136 e. The molecule has 1 aromatic carbocycles. The first-order valence-corrected chi connectivity index (χ1v) is 8.83. The summed E-state index contributed by atoms with van der Waals surface area (Å²) in [6, 6.07) is 7.77. The van der Waals surface area contributed by atoms with Gasteiger partial charge in [0.2, 0.25) is 0 Å². The van der Waals surface area contributed by atoms with E-state index in [2.05, 4.69) is 47.8 Å². The highest BCUT2D eigenvalue weighted by molar-refractivity contribution is 9.13. The Balaban J connectivity index is 1.96. The Kier molecular flexibility index (Phi) is 4.06. The smallest absolute Gasteiger partial charge is 0.136 e. The number of hydrogen-bond acceptors (Lipinski definition) is 3. The monoisotopic (exact) mass is 466 g/mol. The lowest BCUT2D eigenvalue weighted by Gasteiger charge is -2.29. The van der Waals surface area contributed by atoms with Gasteiger partial charge in [0, 0.05) is 25.8 Å². The molecule has 2 nitrogen and oxygen atoms in total. The first-order chi connectivity index (χ1) is 9.04. The number of aliphatic hydroxyl groups is 1. The van der Waals surface area contributed by atoms with Crippen molar-refractivity contribution in [1.82, 2.24) is 0 Å². The average molecular weight is 469 g/mol. The van der Waals surface area contributed by atoms with Crippen LogP contribution in [0.5, 0.6) is 5.75 Å². The van der Waals surface area contributed by atoms with Crippen LogP contribution in [0.2, 0.25) is 0 Å². The third-order valence-electron chi connectivity index (χ3n) is 3.02. The third-order valence-corrected chi connectivity index (χ3v) is 6.86. The van der Waals surface area contributed by atoms with Gasteiger partial charge in [0.15, 0.2) is 0 Å². The fourth-order valence-corrected chi connectivity index (χ4v) is 4.59. The molecular weight excluding hydrogens is 460 g/mol. The Morgan fingerprint density at radius 1 is 1.21 bits per heavy atom. The summed E-state index contributed by atoms with van der Waals surface area (Å²) in [6.07, 6.45) is -0.0144. The molecule has 0 saturated heterocycles. The van der Waals surface area contributed by atoms with Crippen molar-refractivity contribution in [2.75, 3.05) is 0 Å². The molecule has 1 aromatic heterocycles. The molecule has 0 spiro atoms. The van der Waals surface area contributed by atoms with E-state index in [0.717, 1.165) is 28.9 Å². The van der Waals surface area contributed by atoms with Crippen LogP contribution in [0.4, 0.5) is 0 Å². The van der Waals surface area contributed by atoms with Crippen molar-refractivity contribution < 1.29 is 9.84 Å². The molecule has 1 N–H and O–H groups in total. The second kappa shape index (κ2) is 5.48. The van der Waals surface area contributed by atoms with Gasteiger partial charge in [0.05, 0.1) is 9.89 Å². The summed E-state index contributed by atoms with van der Waals surface area (Å²) in [6.45, 7) is 0. The van der Waals surface area contributed by atoms with Crippen molar-refractivity contribution in [1.29, 1.82) is 0 Å². The Morgan fingerprint density at radius 3 is 2.68 bits per heavy atom. The van der Waals surface area contributed by atoms with Crippen LogP contribution >= 0.6 is 59.1 Å². The van der Waals surface area contributed by atoms with Gasteiger partial charge >= 0.3 is 0 Å². The summed E-state index contributed by atoms with van der Waals surface area (Å²) in [5, 5.41) is 10.2. The second-order valence-corrected chi connectivity index (χ2v) is 8.48. The van der Waals surface area contributed by atoms with Crippen LogP contribution in [-0.4, -0.2) is 5.11 Å². The van der Waals surface area contributed by atoms with E-state index in [0.29, 0.717) is 6.42 Å². The number of ether oxygens (including phenoxy) is 1. The van der Waals surface area contributed by atoms with E-state index < -0.39 is 6.10 Å². The zero-order valence-corrected chi connectivity index (χ0v) is 15.1. The van der Waals surface area contributed by atoms with Gasteiger partial charge in [0.25, 0.3) is 0 Å². The quantitative estimate of drug-likeness (QED) is 0.591. The van der Waals surface area contributed by atoms with E-state index in [1.54, 1.807) is 11.3 Å². The van der Waals surface area contributed by atoms with Gasteiger partial charge in [-0.2, -0.15) is 0 Å². The van der Waals surface area contributed by atoms with Gasteiger partial charge in [-0.25, -0.2) is 0 Å². The van der Waals surface area contributed by atoms with Crippen molar-refractivity contribution in [3.8, 4) is 5.75 Å². The van der Waals surface area contributed by atoms with Gasteiger partial charge in [-0.3, -0.25) is 0 Å². The van der Waals surface area contributed by atoms with Crippen molar-refractivity contribution in [2.24, 2.45) is 0 Å². The summed E-state index contributed by atoms with van der Waals surface area (Å²) in [7, 11) is 0. The predicted octanol–water partition coefficient (Wildman–Crippen LogP) is 5.59. The molecule has 6 heteroatoms. The Hall–Kier alpha value is 0.120. The molecule has 2 atom stereocenters. The minimum absolute atomic E-state index is 0.107. The largest absolute Gasteiger partial charge is 0.484 e. The van der Waals surface area contributed by atoms with Gasteiger partial charge < -0.3 is 9.84 Å². The summed E-state index contributed by atoms with van der Waals surface area (Å²) in [5.74, 6) is 0.749.